The van der Waals surface area contributed by atoms with Crippen molar-refractivity contribution in [1.82, 2.24) is 4.31 Å². The number of anilines is 1. The van der Waals surface area contributed by atoms with Crippen molar-refractivity contribution in [3.63, 3.8) is 0 Å². The van der Waals surface area contributed by atoms with Gasteiger partial charge in [-0.1, -0.05) is 12.1 Å². The lowest BCUT2D eigenvalue weighted by atomic mass is 10.2. The fraction of sp³-hybridized carbons (Fsp3) is 0.500. The first-order chi connectivity index (χ1) is 8.53. The van der Waals surface area contributed by atoms with E-state index in [1.807, 2.05) is 0 Å². The molecule has 5 nitrogen and oxygen atoms in total. The average Bonchev–Trinajstić information content (AvgIpc) is 2.77. The normalized spacial score (nSPS) is 21.3. The van der Waals surface area contributed by atoms with Gasteiger partial charge in [-0.15, -0.1) is 0 Å². The minimum atomic E-state index is -3.37. The van der Waals surface area contributed by atoms with Crippen molar-refractivity contribution >= 4 is 15.7 Å². The molecule has 1 aromatic carbocycles. The molecule has 0 aromatic heterocycles. The predicted octanol–water partition coefficient (Wildman–Crippen LogP) is 0.555. The molecule has 1 heterocycles. The zero-order valence-electron chi connectivity index (χ0n) is 10.1. The zero-order valence-corrected chi connectivity index (χ0v) is 10.9. The molecular weight excluding hydrogens is 252 g/mol. The lowest BCUT2D eigenvalue weighted by Gasteiger charge is -2.22. The molecule has 1 aliphatic heterocycles. The lowest BCUT2D eigenvalue weighted by molar-refractivity contribution is 0.213. The second-order valence-corrected chi connectivity index (χ2v) is 6.51. The Kier molecular flexibility index (Phi) is 3.89. The van der Waals surface area contributed by atoms with E-state index in [1.165, 1.54) is 4.31 Å². The summed E-state index contributed by atoms with van der Waals surface area (Å²) in [5, 5.41) is 9.18. The number of benzene rings is 1. The van der Waals surface area contributed by atoms with Gasteiger partial charge in [0.2, 0.25) is 10.0 Å². The Labute approximate surface area is 107 Å². The highest BCUT2D eigenvalue weighted by molar-refractivity contribution is 7.88. The molecule has 1 fully saturated rings. The number of nitrogens with zero attached hydrogens (tertiary/aromatic N) is 1. The molecular formula is C12H18N2O3S. The summed E-state index contributed by atoms with van der Waals surface area (Å²) in [6, 6.07) is 6.62. The van der Waals surface area contributed by atoms with E-state index in [9.17, 15) is 13.5 Å². The van der Waals surface area contributed by atoms with Crippen LogP contribution in [-0.4, -0.2) is 37.0 Å². The van der Waals surface area contributed by atoms with Crippen molar-refractivity contribution in [2.24, 2.45) is 0 Å². The quantitative estimate of drug-likeness (QED) is 0.783. The summed E-state index contributed by atoms with van der Waals surface area (Å²) in [5.74, 6) is -0.0610. The van der Waals surface area contributed by atoms with E-state index in [2.05, 4.69) is 0 Å². The molecule has 1 aromatic rings. The number of nitrogen functional groups attached to an aromatic ring is 1. The van der Waals surface area contributed by atoms with E-state index in [1.54, 1.807) is 24.3 Å². The maximum Gasteiger partial charge on any atom is 0.218 e. The summed E-state index contributed by atoms with van der Waals surface area (Å²) >= 11 is 0. The van der Waals surface area contributed by atoms with Gasteiger partial charge in [-0.2, -0.15) is 4.31 Å². The molecule has 18 heavy (non-hydrogen) atoms. The van der Waals surface area contributed by atoms with Gasteiger partial charge in [0, 0.05) is 18.3 Å². The Morgan fingerprint density at radius 3 is 2.89 bits per heavy atom. The maximum absolute atomic E-state index is 12.3. The third kappa shape index (κ3) is 2.82. The van der Waals surface area contributed by atoms with E-state index in [0.717, 1.165) is 12.8 Å². The molecule has 100 valence electrons. The van der Waals surface area contributed by atoms with Gasteiger partial charge in [0.1, 0.15) is 0 Å². The van der Waals surface area contributed by atoms with Gasteiger partial charge < -0.3 is 10.8 Å². The van der Waals surface area contributed by atoms with Crippen LogP contribution in [0.15, 0.2) is 24.3 Å². The number of nitrogens with two attached hydrogens (primary N) is 1. The van der Waals surface area contributed by atoms with E-state index >= 15 is 0 Å². The van der Waals surface area contributed by atoms with Gasteiger partial charge in [0.25, 0.3) is 0 Å². The number of hydrogen-bond acceptors (Lipinski definition) is 4. The van der Waals surface area contributed by atoms with Crippen LogP contribution in [0.2, 0.25) is 0 Å². The van der Waals surface area contributed by atoms with Gasteiger partial charge in [-0.05, 0) is 30.5 Å². The summed E-state index contributed by atoms with van der Waals surface area (Å²) in [6.45, 7) is 0.381. The van der Waals surface area contributed by atoms with Crippen molar-refractivity contribution in [1.29, 1.82) is 0 Å². The van der Waals surface area contributed by atoms with Crippen molar-refractivity contribution in [3.05, 3.63) is 29.8 Å². The van der Waals surface area contributed by atoms with Crippen LogP contribution in [0.4, 0.5) is 5.69 Å². The van der Waals surface area contributed by atoms with Crippen LogP contribution in [0.3, 0.4) is 0 Å². The molecule has 1 unspecified atom stereocenters. The van der Waals surface area contributed by atoms with Crippen LogP contribution in [0.25, 0.3) is 0 Å². The van der Waals surface area contributed by atoms with E-state index in [0.29, 0.717) is 17.8 Å². The molecule has 0 radical (unpaired) electrons. The molecule has 1 aliphatic rings. The molecule has 0 amide bonds. The van der Waals surface area contributed by atoms with Crippen LogP contribution >= 0.6 is 0 Å². The Bertz CT molecular complexity index is 516. The molecule has 0 saturated carbocycles. The van der Waals surface area contributed by atoms with Crippen LogP contribution in [0.1, 0.15) is 18.4 Å². The van der Waals surface area contributed by atoms with Crippen LogP contribution in [0, 0.1) is 0 Å². The minimum Gasteiger partial charge on any atom is -0.399 e. The fourth-order valence-electron chi connectivity index (χ4n) is 2.33. The first kappa shape index (κ1) is 13.3. The summed E-state index contributed by atoms with van der Waals surface area (Å²) < 4.78 is 25.9. The minimum absolute atomic E-state index is 0.0610. The number of aliphatic hydroxyl groups is 1. The van der Waals surface area contributed by atoms with Crippen LogP contribution < -0.4 is 5.73 Å². The molecule has 3 N–H and O–H groups in total. The summed E-state index contributed by atoms with van der Waals surface area (Å²) in [5.41, 5.74) is 6.87. The highest BCUT2D eigenvalue weighted by Crippen LogP contribution is 2.23. The maximum atomic E-state index is 12.3. The standard InChI is InChI=1S/C12H18N2O3S/c13-11-4-1-3-10(7-11)9-18(16,17)14-6-2-5-12(14)8-15/h1,3-4,7,12,15H,2,5-6,8-9,13H2. The monoisotopic (exact) mass is 270 g/mol. The first-order valence-electron chi connectivity index (χ1n) is 5.98. The number of sulfonamides is 1. The lowest BCUT2D eigenvalue weighted by Crippen LogP contribution is -2.38. The molecule has 0 aliphatic carbocycles. The van der Waals surface area contributed by atoms with Crippen molar-refractivity contribution < 1.29 is 13.5 Å². The van der Waals surface area contributed by atoms with E-state index in [4.69, 9.17) is 5.73 Å². The second kappa shape index (κ2) is 5.26. The number of rotatable bonds is 4. The Morgan fingerprint density at radius 2 is 2.22 bits per heavy atom. The SMILES string of the molecule is Nc1cccc(CS(=O)(=O)N2CCCC2CO)c1. The third-order valence-corrected chi connectivity index (χ3v) is 5.08. The van der Waals surface area contributed by atoms with E-state index in [-0.39, 0.29) is 18.4 Å². The Morgan fingerprint density at radius 1 is 1.44 bits per heavy atom. The predicted molar refractivity (Wildman–Crippen MR) is 70.3 cm³/mol. The summed E-state index contributed by atoms with van der Waals surface area (Å²) in [7, 11) is -3.37. The highest BCUT2D eigenvalue weighted by atomic mass is 32.2. The zero-order chi connectivity index (χ0) is 13.2. The molecule has 6 heteroatoms. The number of aliphatic hydroxyl groups excluding tert-OH is 1. The molecule has 0 bridgehead atoms. The first-order valence-corrected chi connectivity index (χ1v) is 7.58. The van der Waals surface area contributed by atoms with Crippen LogP contribution in [-0.2, 0) is 15.8 Å². The molecule has 2 rings (SSSR count). The van der Waals surface area contributed by atoms with Gasteiger partial charge >= 0.3 is 0 Å². The van der Waals surface area contributed by atoms with Crippen LogP contribution in [0.5, 0.6) is 0 Å². The third-order valence-electron chi connectivity index (χ3n) is 3.19. The topological polar surface area (TPSA) is 83.6 Å². The second-order valence-electron chi connectivity index (χ2n) is 4.59. The highest BCUT2D eigenvalue weighted by Gasteiger charge is 2.33. The van der Waals surface area contributed by atoms with Gasteiger partial charge in [0.05, 0.1) is 12.4 Å². The fourth-order valence-corrected chi connectivity index (χ4v) is 4.13. The van der Waals surface area contributed by atoms with Gasteiger partial charge in [0.15, 0.2) is 0 Å². The van der Waals surface area contributed by atoms with Crippen molar-refractivity contribution in [3.8, 4) is 0 Å². The molecule has 1 saturated heterocycles. The van der Waals surface area contributed by atoms with Gasteiger partial charge in [-0.25, -0.2) is 8.42 Å². The van der Waals surface area contributed by atoms with Crippen molar-refractivity contribution in [2.75, 3.05) is 18.9 Å². The Balaban J connectivity index is 2.17. The number of hydrogen-bond donors (Lipinski definition) is 2. The van der Waals surface area contributed by atoms with E-state index < -0.39 is 10.0 Å². The largest absolute Gasteiger partial charge is 0.399 e. The average molecular weight is 270 g/mol. The van der Waals surface area contributed by atoms with Crippen molar-refractivity contribution in [2.45, 2.75) is 24.6 Å². The summed E-state index contributed by atoms with van der Waals surface area (Å²) in [6.07, 6.45) is 1.54. The smallest absolute Gasteiger partial charge is 0.218 e. The molecule has 0 spiro atoms. The van der Waals surface area contributed by atoms with Gasteiger partial charge in [-0.3, -0.25) is 0 Å². The Hall–Kier alpha value is -1.11. The summed E-state index contributed by atoms with van der Waals surface area (Å²) in [4.78, 5) is 0. The molecule has 1 atom stereocenters.